The Kier molecular flexibility index (Phi) is 4.83. The minimum Gasteiger partial charge on any atom is -0.336 e. The first-order valence-electron chi connectivity index (χ1n) is 6.84. The van der Waals surface area contributed by atoms with Gasteiger partial charge in [0.05, 0.1) is 0 Å². The summed E-state index contributed by atoms with van der Waals surface area (Å²) >= 11 is 5.82. The van der Waals surface area contributed by atoms with Crippen molar-refractivity contribution in [2.45, 2.75) is 25.8 Å². The highest BCUT2D eigenvalue weighted by Gasteiger charge is 2.26. The number of likely N-dealkylation sites (N-methyl/N-ethyl adjacent to an activating group) is 1. The Morgan fingerprint density at radius 1 is 1.42 bits per heavy atom. The minimum absolute atomic E-state index is 0.120. The monoisotopic (exact) mass is 280 g/mol. The fourth-order valence-electron chi connectivity index (χ4n) is 2.62. The van der Waals surface area contributed by atoms with Gasteiger partial charge in [-0.1, -0.05) is 19.1 Å². The SMILES string of the molecule is CCN1CCN(C(=O)c2cccc(CCl)c2)CC1C. The molecule has 0 aliphatic carbocycles. The van der Waals surface area contributed by atoms with E-state index in [1.54, 1.807) is 0 Å². The summed E-state index contributed by atoms with van der Waals surface area (Å²) in [6, 6.07) is 8.04. The minimum atomic E-state index is 0.120. The van der Waals surface area contributed by atoms with E-state index in [9.17, 15) is 4.79 Å². The van der Waals surface area contributed by atoms with E-state index in [1.165, 1.54) is 0 Å². The zero-order chi connectivity index (χ0) is 13.8. The predicted molar refractivity (Wildman–Crippen MR) is 78.6 cm³/mol. The summed E-state index contributed by atoms with van der Waals surface area (Å²) in [5.41, 5.74) is 1.74. The van der Waals surface area contributed by atoms with Crippen LogP contribution >= 0.6 is 11.6 Å². The van der Waals surface area contributed by atoms with Gasteiger partial charge >= 0.3 is 0 Å². The molecule has 1 aliphatic rings. The van der Waals surface area contributed by atoms with E-state index in [4.69, 9.17) is 11.6 Å². The standard InChI is InChI=1S/C15H21ClN2O/c1-3-17-7-8-18(11-12(17)2)15(19)14-6-4-5-13(9-14)10-16/h4-6,9,12H,3,7-8,10-11H2,1-2H3. The lowest BCUT2D eigenvalue weighted by atomic mass is 10.1. The van der Waals surface area contributed by atoms with Gasteiger partial charge in [-0.2, -0.15) is 0 Å². The molecule has 19 heavy (non-hydrogen) atoms. The Morgan fingerprint density at radius 2 is 2.21 bits per heavy atom. The van der Waals surface area contributed by atoms with Crippen LogP contribution in [0.5, 0.6) is 0 Å². The van der Waals surface area contributed by atoms with Crippen molar-refractivity contribution in [3.63, 3.8) is 0 Å². The maximum atomic E-state index is 12.5. The van der Waals surface area contributed by atoms with Gasteiger partial charge < -0.3 is 4.90 Å². The van der Waals surface area contributed by atoms with Crippen molar-refractivity contribution in [2.24, 2.45) is 0 Å². The largest absolute Gasteiger partial charge is 0.336 e. The Morgan fingerprint density at radius 3 is 2.84 bits per heavy atom. The molecular formula is C15H21ClN2O. The van der Waals surface area contributed by atoms with Crippen LogP contribution < -0.4 is 0 Å². The maximum absolute atomic E-state index is 12.5. The summed E-state index contributed by atoms with van der Waals surface area (Å²) < 4.78 is 0. The third-order valence-electron chi connectivity index (χ3n) is 3.79. The van der Waals surface area contributed by atoms with Crippen LogP contribution in [0.15, 0.2) is 24.3 Å². The molecule has 1 atom stereocenters. The van der Waals surface area contributed by atoms with Crippen molar-refractivity contribution in [3.05, 3.63) is 35.4 Å². The highest BCUT2D eigenvalue weighted by atomic mass is 35.5. The van der Waals surface area contributed by atoms with E-state index in [0.29, 0.717) is 11.9 Å². The Hall–Kier alpha value is -1.06. The van der Waals surface area contributed by atoms with Crippen LogP contribution in [-0.4, -0.2) is 47.9 Å². The highest BCUT2D eigenvalue weighted by Crippen LogP contribution is 2.14. The zero-order valence-electron chi connectivity index (χ0n) is 11.6. The van der Waals surface area contributed by atoms with Crippen molar-refractivity contribution in [1.82, 2.24) is 9.80 Å². The molecule has 1 amide bonds. The second kappa shape index (κ2) is 6.40. The molecule has 2 rings (SSSR count). The molecule has 1 heterocycles. The molecule has 1 aliphatic heterocycles. The number of amides is 1. The van der Waals surface area contributed by atoms with Crippen molar-refractivity contribution < 1.29 is 4.79 Å². The molecule has 0 spiro atoms. The highest BCUT2D eigenvalue weighted by molar-refractivity contribution is 6.17. The van der Waals surface area contributed by atoms with E-state index in [-0.39, 0.29) is 5.91 Å². The summed E-state index contributed by atoms with van der Waals surface area (Å²) in [7, 11) is 0. The molecule has 1 saturated heterocycles. The van der Waals surface area contributed by atoms with Crippen LogP contribution in [0.3, 0.4) is 0 Å². The quantitative estimate of drug-likeness (QED) is 0.795. The fourth-order valence-corrected chi connectivity index (χ4v) is 2.79. The Balaban J connectivity index is 2.07. The predicted octanol–water partition coefficient (Wildman–Crippen LogP) is 2.59. The summed E-state index contributed by atoms with van der Waals surface area (Å²) in [6.07, 6.45) is 0. The number of carbonyl (C=O) groups excluding carboxylic acids is 1. The van der Waals surface area contributed by atoms with Gasteiger partial charge in [0.1, 0.15) is 0 Å². The molecule has 0 radical (unpaired) electrons. The first-order chi connectivity index (χ1) is 9.15. The number of hydrogen-bond donors (Lipinski definition) is 0. The summed E-state index contributed by atoms with van der Waals surface area (Å²) in [4.78, 5) is 16.8. The van der Waals surface area contributed by atoms with Crippen LogP contribution in [0.25, 0.3) is 0 Å². The average molecular weight is 281 g/mol. The molecule has 1 fully saturated rings. The van der Waals surface area contributed by atoms with Gasteiger partial charge in [-0.15, -0.1) is 11.6 Å². The van der Waals surface area contributed by atoms with Gasteiger partial charge in [-0.3, -0.25) is 9.69 Å². The summed E-state index contributed by atoms with van der Waals surface area (Å²) in [5, 5.41) is 0. The number of hydrogen-bond acceptors (Lipinski definition) is 2. The van der Waals surface area contributed by atoms with E-state index in [2.05, 4.69) is 18.7 Å². The van der Waals surface area contributed by atoms with Crippen LogP contribution in [0.1, 0.15) is 29.8 Å². The maximum Gasteiger partial charge on any atom is 0.253 e. The molecule has 0 saturated carbocycles. The lowest BCUT2D eigenvalue weighted by Crippen LogP contribution is -2.53. The molecule has 104 valence electrons. The normalized spacial score (nSPS) is 20.6. The molecule has 0 N–H and O–H groups in total. The van der Waals surface area contributed by atoms with Gasteiger partial charge in [0, 0.05) is 37.1 Å². The molecule has 4 heteroatoms. The number of benzene rings is 1. The van der Waals surface area contributed by atoms with Crippen LogP contribution in [-0.2, 0) is 5.88 Å². The third kappa shape index (κ3) is 3.28. The zero-order valence-corrected chi connectivity index (χ0v) is 12.4. The Bertz CT molecular complexity index is 450. The van der Waals surface area contributed by atoms with Gasteiger partial charge in [0.25, 0.3) is 5.91 Å². The van der Waals surface area contributed by atoms with Crippen molar-refractivity contribution in [2.75, 3.05) is 26.2 Å². The average Bonchev–Trinajstić information content (AvgIpc) is 2.46. The second-order valence-corrected chi connectivity index (χ2v) is 5.33. The molecule has 1 unspecified atom stereocenters. The molecule has 0 bridgehead atoms. The van der Waals surface area contributed by atoms with E-state index >= 15 is 0 Å². The first-order valence-corrected chi connectivity index (χ1v) is 7.37. The van der Waals surface area contributed by atoms with Gasteiger partial charge in [0.15, 0.2) is 0 Å². The lowest BCUT2D eigenvalue weighted by Gasteiger charge is -2.39. The van der Waals surface area contributed by atoms with Gasteiger partial charge in [-0.25, -0.2) is 0 Å². The number of alkyl halides is 1. The molecule has 1 aromatic carbocycles. The molecule has 1 aromatic rings. The molecular weight excluding hydrogens is 260 g/mol. The van der Waals surface area contributed by atoms with Crippen LogP contribution in [0.4, 0.5) is 0 Å². The van der Waals surface area contributed by atoms with Crippen LogP contribution in [0.2, 0.25) is 0 Å². The number of carbonyl (C=O) groups is 1. The fraction of sp³-hybridized carbons (Fsp3) is 0.533. The Labute approximate surface area is 120 Å². The summed E-state index contributed by atoms with van der Waals surface area (Å²) in [6.45, 7) is 7.96. The lowest BCUT2D eigenvalue weighted by molar-refractivity contribution is 0.0528. The van der Waals surface area contributed by atoms with Gasteiger partial charge in [-0.05, 0) is 31.2 Å². The topological polar surface area (TPSA) is 23.6 Å². The molecule has 0 aromatic heterocycles. The molecule has 3 nitrogen and oxygen atoms in total. The van der Waals surface area contributed by atoms with Crippen molar-refractivity contribution >= 4 is 17.5 Å². The number of halogens is 1. The van der Waals surface area contributed by atoms with Crippen LogP contribution in [0, 0.1) is 0 Å². The van der Waals surface area contributed by atoms with Gasteiger partial charge in [0.2, 0.25) is 0 Å². The number of nitrogens with zero attached hydrogens (tertiary/aromatic N) is 2. The second-order valence-electron chi connectivity index (χ2n) is 5.06. The first kappa shape index (κ1) is 14.4. The van der Waals surface area contributed by atoms with Crippen molar-refractivity contribution in [3.8, 4) is 0 Å². The number of rotatable bonds is 3. The summed E-state index contributed by atoms with van der Waals surface area (Å²) in [5.74, 6) is 0.566. The van der Waals surface area contributed by atoms with E-state index in [1.807, 2.05) is 29.2 Å². The third-order valence-corrected chi connectivity index (χ3v) is 4.10. The smallest absolute Gasteiger partial charge is 0.253 e. The van der Waals surface area contributed by atoms with Crippen molar-refractivity contribution in [1.29, 1.82) is 0 Å². The number of piperazine rings is 1. The van der Waals surface area contributed by atoms with E-state index < -0.39 is 0 Å². The van der Waals surface area contributed by atoms with E-state index in [0.717, 1.165) is 37.3 Å².